The molecule has 1 heterocycles. The molecule has 0 aliphatic carbocycles. The van der Waals surface area contributed by atoms with Gasteiger partial charge in [0.2, 0.25) is 0 Å². The molecule has 1 saturated heterocycles. The molecule has 2 rings (SSSR count). The fraction of sp³-hybridized carbons (Fsp3) is 0.364. The molecule has 1 aromatic carbocycles. The number of benzene rings is 1. The third-order valence-corrected chi connectivity index (χ3v) is 1.79. The second-order valence-electron chi connectivity index (χ2n) is 2.87. The van der Waals surface area contributed by atoms with Crippen LogP contribution in [0.15, 0.2) is 24.2 Å². The van der Waals surface area contributed by atoms with Crippen molar-refractivity contribution in [2.75, 3.05) is 20.3 Å². The Kier molecular flexibility index (Phi) is 1.47. The van der Waals surface area contributed by atoms with Crippen LogP contribution in [-0.4, -0.2) is 32.5 Å². The van der Waals surface area contributed by atoms with E-state index in [0.29, 0.717) is 0 Å². The number of methoxy groups -OCH3 is 1. The summed E-state index contributed by atoms with van der Waals surface area (Å²) in [6, 6.07) is -2.55. The second kappa shape index (κ2) is 4.74. The summed E-state index contributed by atoms with van der Waals surface area (Å²) in [6.07, 6.45) is -1.66. The van der Waals surface area contributed by atoms with Gasteiger partial charge < -0.3 is 18.9 Å². The van der Waals surface area contributed by atoms with Crippen molar-refractivity contribution in [3.05, 3.63) is 24.2 Å². The lowest BCUT2D eigenvalue weighted by molar-refractivity contribution is 0.0975. The van der Waals surface area contributed by atoms with Crippen molar-refractivity contribution in [1.29, 1.82) is 0 Å². The predicted molar refractivity (Wildman–Crippen MR) is 54.7 cm³/mol. The lowest BCUT2D eigenvalue weighted by Crippen LogP contribution is -2.20. The number of cyclic esters (lactones) is 2. The number of carbonyl (C=O) groups excluding carboxylic acids is 1. The minimum absolute atomic E-state index is 0.0837. The van der Waals surface area contributed by atoms with Gasteiger partial charge in [-0.1, -0.05) is 12.1 Å². The Balaban J connectivity index is 2.33. The van der Waals surface area contributed by atoms with Gasteiger partial charge >= 0.3 is 6.16 Å². The number of hydrogen-bond donors (Lipinski definition) is 0. The van der Waals surface area contributed by atoms with Crippen LogP contribution < -0.4 is 9.47 Å². The van der Waals surface area contributed by atoms with Crippen molar-refractivity contribution in [1.82, 2.24) is 0 Å². The highest BCUT2D eigenvalue weighted by Crippen LogP contribution is 2.26. The zero-order chi connectivity index (χ0) is 17.4. The summed E-state index contributed by atoms with van der Waals surface area (Å²) in [5, 5.41) is 0. The zero-order valence-electron chi connectivity index (χ0n) is 15.0. The third-order valence-electron chi connectivity index (χ3n) is 1.79. The molecule has 0 spiro atoms. The molecule has 1 fully saturated rings. The van der Waals surface area contributed by atoms with Crippen LogP contribution >= 0.6 is 0 Å². The molecule has 1 aromatic rings. The molecule has 1 aliphatic rings. The molecule has 0 radical (unpaired) electrons. The summed E-state index contributed by atoms with van der Waals surface area (Å²) >= 11 is 0. The van der Waals surface area contributed by atoms with E-state index < -0.39 is 55.0 Å². The van der Waals surface area contributed by atoms with Gasteiger partial charge in [-0.3, -0.25) is 0 Å². The van der Waals surface area contributed by atoms with Gasteiger partial charge in [-0.25, -0.2) is 4.79 Å². The molecule has 1 unspecified atom stereocenters. The summed E-state index contributed by atoms with van der Waals surface area (Å²) < 4.78 is 71.1. The molecule has 0 bridgehead atoms. The number of rotatable bonds is 4. The van der Waals surface area contributed by atoms with Crippen molar-refractivity contribution < 1.29 is 33.3 Å². The normalized spacial score (nSPS) is 25.9. The van der Waals surface area contributed by atoms with E-state index in [9.17, 15) is 4.79 Å². The van der Waals surface area contributed by atoms with Gasteiger partial charge in [-0.05, 0) is 12.1 Å². The standard InChI is InChI=1S/C11H12O5/c1-13-9-4-2-3-5-10(9)14-6-8-7-15-11(12)16-8/h2-5,8H,6-7H2,1H3/i1D3,2D,3D,4D,5D. The van der Waals surface area contributed by atoms with E-state index in [0.717, 1.165) is 0 Å². The van der Waals surface area contributed by atoms with Crippen LogP contribution in [0.25, 0.3) is 0 Å². The van der Waals surface area contributed by atoms with Crippen LogP contribution in [0.5, 0.6) is 11.5 Å². The number of hydrogen-bond acceptors (Lipinski definition) is 5. The van der Waals surface area contributed by atoms with Gasteiger partial charge in [0.1, 0.15) is 13.2 Å². The van der Waals surface area contributed by atoms with Crippen LogP contribution in [0.3, 0.4) is 0 Å². The Morgan fingerprint density at radius 1 is 1.56 bits per heavy atom. The maximum Gasteiger partial charge on any atom is 0.508 e. The first-order chi connectivity index (χ1) is 10.6. The first-order valence-electron chi connectivity index (χ1n) is 7.85. The lowest BCUT2D eigenvalue weighted by atomic mass is 10.3. The Hall–Kier alpha value is -1.91. The Labute approximate surface area is 103 Å². The highest BCUT2D eigenvalue weighted by Gasteiger charge is 2.25. The first-order valence-corrected chi connectivity index (χ1v) is 4.35. The van der Waals surface area contributed by atoms with E-state index in [2.05, 4.69) is 9.47 Å². The molecule has 0 amide bonds. The summed E-state index contributed by atoms with van der Waals surface area (Å²) in [5.74, 6) is -1.11. The Morgan fingerprint density at radius 2 is 2.38 bits per heavy atom. The number of ether oxygens (including phenoxy) is 4. The van der Waals surface area contributed by atoms with Crippen molar-refractivity contribution in [3.63, 3.8) is 0 Å². The molecule has 1 aliphatic heterocycles. The zero-order valence-corrected chi connectivity index (χ0v) is 8.03. The van der Waals surface area contributed by atoms with E-state index in [1.807, 2.05) is 0 Å². The maximum absolute atomic E-state index is 10.8. The molecule has 0 saturated carbocycles. The van der Waals surface area contributed by atoms with E-state index in [-0.39, 0.29) is 13.2 Å². The van der Waals surface area contributed by atoms with Gasteiger partial charge in [-0.2, -0.15) is 0 Å². The van der Waals surface area contributed by atoms with Gasteiger partial charge in [0.05, 0.1) is 16.6 Å². The minimum Gasteiger partial charge on any atom is -0.493 e. The highest BCUT2D eigenvalue weighted by atomic mass is 16.8. The van der Waals surface area contributed by atoms with E-state index >= 15 is 0 Å². The molecule has 0 aromatic heterocycles. The maximum atomic E-state index is 10.8. The van der Waals surface area contributed by atoms with Crippen molar-refractivity contribution >= 4 is 6.16 Å². The quantitative estimate of drug-likeness (QED) is 0.737. The predicted octanol–water partition coefficient (Wildman–Crippen LogP) is 1.61. The van der Waals surface area contributed by atoms with E-state index in [1.54, 1.807) is 0 Å². The molecule has 5 nitrogen and oxygen atoms in total. The Bertz CT molecular complexity index is 630. The van der Waals surface area contributed by atoms with Crippen LogP contribution in [0.2, 0.25) is 0 Å². The molecule has 16 heavy (non-hydrogen) atoms. The van der Waals surface area contributed by atoms with Crippen LogP contribution in [0.4, 0.5) is 4.79 Å². The average Bonchev–Trinajstić information content (AvgIpc) is 2.86. The molecule has 0 N–H and O–H groups in total. The van der Waals surface area contributed by atoms with Gasteiger partial charge in [0, 0.05) is 0 Å². The summed E-state index contributed by atoms with van der Waals surface area (Å²) in [4.78, 5) is 10.8. The van der Waals surface area contributed by atoms with Crippen LogP contribution in [0, 0.1) is 0 Å². The van der Waals surface area contributed by atoms with Crippen molar-refractivity contribution in [2.24, 2.45) is 0 Å². The van der Waals surface area contributed by atoms with E-state index in [1.165, 1.54) is 0 Å². The third kappa shape index (κ3) is 2.36. The second-order valence-corrected chi connectivity index (χ2v) is 2.87. The fourth-order valence-corrected chi connectivity index (χ4v) is 1.09. The number of carbonyl (C=O) groups is 1. The molecule has 5 heteroatoms. The average molecular weight is 231 g/mol. The SMILES string of the molecule is [2H]c1c([2H])c([2H])c(OC([2H])([2H])[2H])c(OCC2COC(=O)O2)c1[2H]. The first kappa shape index (κ1) is 4.95. The molecular formula is C11H12O5. The highest BCUT2D eigenvalue weighted by molar-refractivity contribution is 5.61. The lowest BCUT2D eigenvalue weighted by Gasteiger charge is -2.11. The molecule has 86 valence electrons. The fourth-order valence-electron chi connectivity index (χ4n) is 1.09. The van der Waals surface area contributed by atoms with Crippen LogP contribution in [0.1, 0.15) is 9.60 Å². The van der Waals surface area contributed by atoms with E-state index in [4.69, 9.17) is 19.1 Å². The molecule has 1 atom stereocenters. The number of para-hydroxylation sites is 2. The van der Waals surface area contributed by atoms with Crippen molar-refractivity contribution in [3.8, 4) is 11.5 Å². The molecular weight excluding hydrogens is 212 g/mol. The topological polar surface area (TPSA) is 54.0 Å². The van der Waals surface area contributed by atoms with Gasteiger partial charge in [0.15, 0.2) is 17.6 Å². The monoisotopic (exact) mass is 231 g/mol. The Morgan fingerprint density at radius 3 is 3.06 bits per heavy atom. The summed E-state index contributed by atoms with van der Waals surface area (Å²) in [5.41, 5.74) is 0. The largest absolute Gasteiger partial charge is 0.508 e. The van der Waals surface area contributed by atoms with Crippen LogP contribution in [-0.2, 0) is 9.47 Å². The summed E-state index contributed by atoms with van der Waals surface area (Å²) in [6.45, 7) is -0.370. The smallest absolute Gasteiger partial charge is 0.493 e. The van der Waals surface area contributed by atoms with Crippen molar-refractivity contribution in [2.45, 2.75) is 6.10 Å². The summed E-state index contributed by atoms with van der Waals surface area (Å²) in [7, 11) is -2.93. The van der Waals surface area contributed by atoms with Gasteiger partial charge in [-0.15, -0.1) is 0 Å². The van der Waals surface area contributed by atoms with Gasteiger partial charge in [0.25, 0.3) is 0 Å². The minimum atomic E-state index is -2.93.